The van der Waals surface area contributed by atoms with Crippen molar-refractivity contribution >= 4 is 0 Å². The summed E-state index contributed by atoms with van der Waals surface area (Å²) in [6, 6.07) is 7.49. The molecule has 16 heavy (non-hydrogen) atoms. The van der Waals surface area contributed by atoms with Gasteiger partial charge < -0.3 is 5.32 Å². The Morgan fingerprint density at radius 1 is 1.50 bits per heavy atom. The lowest BCUT2D eigenvalue weighted by atomic mass is 10.3. The van der Waals surface area contributed by atoms with Gasteiger partial charge in [-0.05, 0) is 38.9 Å². The van der Waals surface area contributed by atoms with Crippen LogP contribution in [0.1, 0.15) is 25.5 Å². The third kappa shape index (κ3) is 3.29. The number of aromatic nitrogens is 1. The SMILES string of the molecule is CC(CNCc1ccccn1)N(C)C1CC1. The molecule has 1 aromatic rings. The number of hydrogen-bond donors (Lipinski definition) is 1. The Balaban J connectivity index is 1.67. The molecule has 2 rings (SSSR count). The van der Waals surface area contributed by atoms with Gasteiger partial charge in [0.15, 0.2) is 0 Å². The van der Waals surface area contributed by atoms with Gasteiger partial charge in [0.05, 0.1) is 5.69 Å². The molecule has 3 nitrogen and oxygen atoms in total. The molecule has 0 saturated heterocycles. The van der Waals surface area contributed by atoms with E-state index >= 15 is 0 Å². The summed E-state index contributed by atoms with van der Waals surface area (Å²) in [6.07, 6.45) is 4.60. The molecule has 1 N–H and O–H groups in total. The highest BCUT2D eigenvalue weighted by atomic mass is 15.2. The van der Waals surface area contributed by atoms with E-state index in [-0.39, 0.29) is 0 Å². The molecular weight excluding hydrogens is 198 g/mol. The molecule has 1 atom stereocenters. The fraction of sp³-hybridized carbons (Fsp3) is 0.615. The van der Waals surface area contributed by atoms with E-state index in [0.29, 0.717) is 6.04 Å². The van der Waals surface area contributed by atoms with Crippen molar-refractivity contribution in [1.29, 1.82) is 0 Å². The Labute approximate surface area is 97.9 Å². The van der Waals surface area contributed by atoms with Crippen LogP contribution in [-0.4, -0.2) is 35.6 Å². The zero-order chi connectivity index (χ0) is 11.4. The molecule has 0 bridgehead atoms. The van der Waals surface area contributed by atoms with Crippen LogP contribution in [0.3, 0.4) is 0 Å². The number of hydrogen-bond acceptors (Lipinski definition) is 3. The van der Waals surface area contributed by atoms with Crippen LogP contribution in [0.2, 0.25) is 0 Å². The first-order chi connectivity index (χ1) is 7.77. The summed E-state index contributed by atoms with van der Waals surface area (Å²) in [4.78, 5) is 6.77. The van der Waals surface area contributed by atoms with Crippen molar-refractivity contribution in [2.75, 3.05) is 13.6 Å². The molecule has 1 fully saturated rings. The topological polar surface area (TPSA) is 28.2 Å². The van der Waals surface area contributed by atoms with E-state index in [0.717, 1.165) is 24.8 Å². The summed E-state index contributed by atoms with van der Waals surface area (Å²) >= 11 is 0. The highest BCUT2D eigenvalue weighted by Gasteiger charge is 2.28. The molecule has 0 radical (unpaired) electrons. The van der Waals surface area contributed by atoms with E-state index in [9.17, 15) is 0 Å². The van der Waals surface area contributed by atoms with E-state index in [4.69, 9.17) is 0 Å². The fourth-order valence-electron chi connectivity index (χ4n) is 1.90. The summed E-state index contributed by atoms with van der Waals surface area (Å²) in [5.74, 6) is 0. The summed E-state index contributed by atoms with van der Waals surface area (Å²) < 4.78 is 0. The Hall–Kier alpha value is -0.930. The molecule has 1 aliphatic carbocycles. The van der Waals surface area contributed by atoms with Gasteiger partial charge in [-0.1, -0.05) is 6.07 Å². The normalized spacial score (nSPS) is 17.7. The van der Waals surface area contributed by atoms with Crippen LogP contribution >= 0.6 is 0 Å². The minimum Gasteiger partial charge on any atom is -0.310 e. The monoisotopic (exact) mass is 219 g/mol. The number of pyridine rings is 1. The summed E-state index contributed by atoms with van der Waals surface area (Å²) in [5, 5.41) is 3.46. The fourth-order valence-corrected chi connectivity index (χ4v) is 1.90. The van der Waals surface area contributed by atoms with Gasteiger partial charge in [0, 0.05) is 31.4 Å². The molecule has 1 unspecified atom stereocenters. The molecular formula is C13H21N3. The van der Waals surface area contributed by atoms with E-state index in [2.05, 4.69) is 35.2 Å². The standard InChI is InChI=1S/C13H21N3/c1-11(16(2)13-6-7-13)9-14-10-12-5-3-4-8-15-12/h3-5,8,11,13-14H,6-7,9-10H2,1-2H3. The summed E-state index contributed by atoms with van der Waals surface area (Å²) in [6.45, 7) is 4.18. The molecule has 0 aliphatic heterocycles. The molecule has 1 aromatic heterocycles. The largest absolute Gasteiger partial charge is 0.310 e. The van der Waals surface area contributed by atoms with E-state index in [1.54, 1.807) is 0 Å². The zero-order valence-corrected chi connectivity index (χ0v) is 10.2. The van der Waals surface area contributed by atoms with Gasteiger partial charge >= 0.3 is 0 Å². The van der Waals surface area contributed by atoms with Crippen molar-refractivity contribution in [2.45, 2.75) is 38.4 Å². The first-order valence-corrected chi connectivity index (χ1v) is 6.10. The summed E-state index contributed by atoms with van der Waals surface area (Å²) in [7, 11) is 2.23. The van der Waals surface area contributed by atoms with Crippen LogP contribution in [0.25, 0.3) is 0 Å². The van der Waals surface area contributed by atoms with Crippen LogP contribution < -0.4 is 5.32 Å². The number of nitrogens with zero attached hydrogens (tertiary/aromatic N) is 2. The van der Waals surface area contributed by atoms with E-state index in [1.165, 1.54) is 12.8 Å². The van der Waals surface area contributed by atoms with Crippen molar-refractivity contribution in [3.05, 3.63) is 30.1 Å². The number of likely N-dealkylation sites (N-methyl/N-ethyl adjacent to an activating group) is 1. The zero-order valence-electron chi connectivity index (χ0n) is 10.2. The van der Waals surface area contributed by atoms with Crippen LogP contribution in [0.15, 0.2) is 24.4 Å². The number of nitrogens with one attached hydrogen (secondary N) is 1. The highest BCUT2D eigenvalue weighted by Crippen LogP contribution is 2.26. The second kappa shape index (κ2) is 5.41. The number of rotatable bonds is 6. The van der Waals surface area contributed by atoms with Gasteiger partial charge in [-0.2, -0.15) is 0 Å². The minimum absolute atomic E-state index is 0.608. The van der Waals surface area contributed by atoms with Gasteiger partial charge in [-0.25, -0.2) is 0 Å². The van der Waals surface area contributed by atoms with Crippen LogP contribution in [0.5, 0.6) is 0 Å². The van der Waals surface area contributed by atoms with Crippen LogP contribution in [-0.2, 0) is 6.54 Å². The lowest BCUT2D eigenvalue weighted by Gasteiger charge is -2.24. The Bertz CT molecular complexity index is 308. The molecule has 0 aromatic carbocycles. The molecule has 3 heteroatoms. The van der Waals surface area contributed by atoms with Gasteiger partial charge in [-0.15, -0.1) is 0 Å². The van der Waals surface area contributed by atoms with Gasteiger partial charge in [-0.3, -0.25) is 9.88 Å². The molecule has 88 valence electrons. The second-order valence-electron chi connectivity index (χ2n) is 4.70. The highest BCUT2D eigenvalue weighted by molar-refractivity contribution is 5.02. The average Bonchev–Trinajstić information content (AvgIpc) is 3.13. The van der Waals surface area contributed by atoms with E-state index in [1.807, 2.05) is 18.3 Å². The van der Waals surface area contributed by atoms with Crippen molar-refractivity contribution < 1.29 is 0 Å². The quantitative estimate of drug-likeness (QED) is 0.788. The minimum atomic E-state index is 0.608. The van der Waals surface area contributed by atoms with Crippen molar-refractivity contribution in [3.8, 4) is 0 Å². The first kappa shape index (κ1) is 11.6. The van der Waals surface area contributed by atoms with Crippen LogP contribution in [0, 0.1) is 0 Å². The van der Waals surface area contributed by atoms with Gasteiger partial charge in [0.2, 0.25) is 0 Å². The Morgan fingerprint density at radius 2 is 2.31 bits per heavy atom. The molecule has 1 aliphatic rings. The molecule has 0 spiro atoms. The van der Waals surface area contributed by atoms with E-state index < -0.39 is 0 Å². The van der Waals surface area contributed by atoms with Gasteiger partial charge in [0.1, 0.15) is 0 Å². The smallest absolute Gasteiger partial charge is 0.0541 e. The molecule has 1 saturated carbocycles. The van der Waals surface area contributed by atoms with Crippen molar-refractivity contribution in [3.63, 3.8) is 0 Å². The Morgan fingerprint density at radius 3 is 2.94 bits per heavy atom. The lowest BCUT2D eigenvalue weighted by molar-refractivity contribution is 0.241. The lowest BCUT2D eigenvalue weighted by Crippen LogP contribution is -2.39. The second-order valence-corrected chi connectivity index (χ2v) is 4.70. The molecule has 0 amide bonds. The van der Waals surface area contributed by atoms with Crippen LogP contribution in [0.4, 0.5) is 0 Å². The van der Waals surface area contributed by atoms with Crippen molar-refractivity contribution in [2.24, 2.45) is 0 Å². The Kier molecular flexibility index (Phi) is 3.91. The average molecular weight is 219 g/mol. The van der Waals surface area contributed by atoms with Crippen molar-refractivity contribution in [1.82, 2.24) is 15.2 Å². The first-order valence-electron chi connectivity index (χ1n) is 6.10. The molecule has 1 heterocycles. The summed E-state index contributed by atoms with van der Waals surface area (Å²) in [5.41, 5.74) is 1.11. The van der Waals surface area contributed by atoms with Gasteiger partial charge in [0.25, 0.3) is 0 Å². The maximum atomic E-state index is 4.29. The third-order valence-electron chi connectivity index (χ3n) is 3.29. The maximum Gasteiger partial charge on any atom is 0.0541 e. The predicted octanol–water partition coefficient (Wildman–Crippen LogP) is 1.65. The maximum absolute atomic E-state index is 4.29. The predicted molar refractivity (Wildman–Crippen MR) is 66.2 cm³/mol. The third-order valence-corrected chi connectivity index (χ3v) is 3.29.